The molecule has 0 bridgehead atoms. The maximum absolute atomic E-state index is 11.2. The second-order valence-electron chi connectivity index (χ2n) is 2.35. The molecule has 0 aromatic rings. The molecule has 0 saturated heterocycles. The number of esters is 2. The minimum atomic E-state index is -1.17. The molecule has 0 saturated carbocycles. The van der Waals surface area contributed by atoms with Gasteiger partial charge in [0.25, 0.3) is 0 Å². The fourth-order valence-corrected chi connectivity index (χ4v) is 1.23. The molecule has 0 unspecified atom stereocenters. The van der Waals surface area contributed by atoms with Crippen LogP contribution in [-0.2, 0) is 44.3 Å². The summed E-state index contributed by atoms with van der Waals surface area (Å²) < 4.78 is 8.38. The second kappa shape index (κ2) is 14.3. The minimum absolute atomic E-state index is 0. The van der Waals surface area contributed by atoms with Crippen molar-refractivity contribution in [1.29, 1.82) is 0 Å². The maximum Gasteiger partial charge on any atom is 1.00 e. The van der Waals surface area contributed by atoms with Gasteiger partial charge in [-0.05, 0) is 13.8 Å². The van der Waals surface area contributed by atoms with Crippen molar-refractivity contribution in [2.75, 3.05) is 13.2 Å². The monoisotopic (exact) mass is 314 g/mol. The third-order valence-corrected chi connectivity index (χ3v) is 1.90. The molecular weight excluding hydrogens is 302 g/mol. The topological polar surface area (TPSA) is 52.6 Å². The molecule has 0 aliphatic rings. The zero-order chi connectivity index (χ0) is 11.1. The van der Waals surface area contributed by atoms with Crippen LogP contribution in [0.5, 0.6) is 0 Å². The average Bonchev–Trinajstić information content (AvgIpc) is 2.04. The van der Waals surface area contributed by atoms with E-state index >= 15 is 0 Å². The van der Waals surface area contributed by atoms with E-state index in [1.165, 1.54) is 0 Å². The molecule has 0 aliphatic heterocycles. The number of carbonyl (C=O) groups excluding carboxylic acids is 2. The van der Waals surface area contributed by atoms with E-state index in [0.29, 0.717) is 0 Å². The van der Waals surface area contributed by atoms with Gasteiger partial charge in [0.1, 0.15) is 5.92 Å². The van der Waals surface area contributed by atoms with Crippen LogP contribution < -0.4 is 103 Å². The first kappa shape index (κ1) is 24.0. The summed E-state index contributed by atoms with van der Waals surface area (Å²) in [5.74, 6) is -2.58. The first-order valence-corrected chi connectivity index (χ1v) is 5.13. The van der Waals surface area contributed by atoms with Crippen LogP contribution in [0.3, 0.4) is 0 Å². The van der Waals surface area contributed by atoms with Crippen molar-refractivity contribution in [2.45, 2.75) is 18.4 Å². The summed E-state index contributed by atoms with van der Waals surface area (Å²) in [6.07, 6.45) is 0. The van der Waals surface area contributed by atoms with E-state index in [1.807, 2.05) is 0 Å². The van der Waals surface area contributed by atoms with Gasteiger partial charge in [-0.2, -0.15) is 0 Å². The van der Waals surface area contributed by atoms with Crippen molar-refractivity contribution in [3.05, 3.63) is 0 Å². The van der Waals surface area contributed by atoms with Crippen LogP contribution in [0, 0.1) is 5.92 Å². The normalized spacial score (nSPS) is 9.12. The van der Waals surface area contributed by atoms with E-state index in [-0.39, 0.29) is 116 Å². The molecule has 0 radical (unpaired) electrons. The molecule has 16 heavy (non-hydrogen) atoms. The zero-order valence-electron chi connectivity index (χ0n) is 10.0. The average molecular weight is 315 g/mol. The summed E-state index contributed by atoms with van der Waals surface area (Å²) in [5, 5.41) is 0. The molecule has 0 N–H and O–H groups in total. The predicted molar refractivity (Wildman–Crippen MR) is 55.3 cm³/mol. The van der Waals surface area contributed by atoms with Gasteiger partial charge in [-0.15, -0.1) is 0 Å². The van der Waals surface area contributed by atoms with Crippen molar-refractivity contribution in [1.82, 2.24) is 0 Å². The van der Waals surface area contributed by atoms with Crippen LogP contribution in [0.25, 0.3) is 0 Å². The van der Waals surface area contributed by atoms with E-state index in [0.717, 1.165) is 0 Å². The molecule has 0 rings (SSSR count). The fourth-order valence-electron chi connectivity index (χ4n) is 0.783. The first-order valence-electron chi connectivity index (χ1n) is 4.19. The Morgan fingerprint density at radius 2 is 1.31 bits per heavy atom. The summed E-state index contributed by atoms with van der Waals surface area (Å²) in [5.41, 5.74) is 0. The van der Waals surface area contributed by atoms with Gasteiger partial charge >= 0.3 is 115 Å². The number of carbonyl (C=O) groups is 2. The van der Waals surface area contributed by atoms with Crippen molar-refractivity contribution < 1.29 is 122 Å². The number of hydrogen-bond donors (Lipinski definition) is 0. The molecule has 0 spiro atoms. The molecule has 0 aliphatic carbocycles. The largest absolute Gasteiger partial charge is 1.00 e. The van der Waals surface area contributed by atoms with E-state index < -0.39 is 22.4 Å². The smallest absolute Gasteiger partial charge is 0.813 e. The standard InChI is InChI=1S/C8H14O4S2.2K/c1-3-11-6(9)5(8(13)14)7(10)12-4-2;;/h5,8,13-14H,3-4H2,1-2H3;;/q;2*+1/p-2. The van der Waals surface area contributed by atoms with Gasteiger partial charge in [0, 0.05) is 0 Å². The third-order valence-electron chi connectivity index (χ3n) is 1.35. The van der Waals surface area contributed by atoms with Crippen molar-refractivity contribution >= 4 is 37.2 Å². The summed E-state index contributed by atoms with van der Waals surface area (Å²) in [7, 11) is 0. The van der Waals surface area contributed by atoms with Gasteiger partial charge in [0.15, 0.2) is 0 Å². The number of ether oxygens (including phenoxy) is 2. The molecule has 0 heterocycles. The van der Waals surface area contributed by atoms with E-state index in [2.05, 4.69) is 9.47 Å². The Balaban J connectivity index is -0.000000845. The number of rotatable bonds is 5. The van der Waals surface area contributed by atoms with Crippen LogP contribution in [-0.4, -0.2) is 29.7 Å². The molecule has 0 aromatic heterocycles. The Bertz CT molecular complexity index is 196. The van der Waals surface area contributed by atoms with Crippen LogP contribution in [0.4, 0.5) is 0 Å². The minimum Gasteiger partial charge on any atom is -0.813 e. The Kier molecular flexibility index (Phi) is 21.5. The van der Waals surface area contributed by atoms with Crippen LogP contribution >= 0.6 is 0 Å². The SMILES string of the molecule is CCOC(=O)C(C(=O)OCC)C([S-])[S-].[K+].[K+]. The molecular formula is C8H12K2O4S2. The molecule has 0 aromatic carbocycles. The predicted octanol–water partition coefficient (Wildman–Crippen LogP) is -5.84. The Morgan fingerprint density at radius 1 is 1.00 bits per heavy atom. The second-order valence-corrected chi connectivity index (χ2v) is 3.66. The van der Waals surface area contributed by atoms with Crippen molar-refractivity contribution in [3.63, 3.8) is 0 Å². The summed E-state index contributed by atoms with van der Waals surface area (Å²) in [4.78, 5) is 22.5. The summed E-state index contributed by atoms with van der Waals surface area (Å²) in [6, 6.07) is 0. The zero-order valence-corrected chi connectivity index (χ0v) is 17.9. The molecule has 0 fully saturated rings. The van der Waals surface area contributed by atoms with Crippen LogP contribution in [0.1, 0.15) is 13.8 Å². The third kappa shape index (κ3) is 9.79. The quantitative estimate of drug-likeness (QED) is 0.218. The Morgan fingerprint density at radius 3 is 1.50 bits per heavy atom. The number of hydrogen-bond acceptors (Lipinski definition) is 6. The van der Waals surface area contributed by atoms with Crippen molar-refractivity contribution in [2.24, 2.45) is 5.92 Å². The van der Waals surface area contributed by atoms with Gasteiger partial charge in [0.2, 0.25) is 0 Å². The van der Waals surface area contributed by atoms with Gasteiger partial charge in [-0.25, -0.2) is 0 Å². The summed E-state index contributed by atoms with van der Waals surface area (Å²) in [6.45, 7) is 3.65. The van der Waals surface area contributed by atoms with E-state index in [4.69, 9.17) is 25.3 Å². The molecule has 0 amide bonds. The van der Waals surface area contributed by atoms with Crippen molar-refractivity contribution in [3.8, 4) is 0 Å². The van der Waals surface area contributed by atoms with E-state index in [9.17, 15) is 9.59 Å². The van der Waals surface area contributed by atoms with Gasteiger partial charge < -0.3 is 34.7 Å². The Labute approximate surface area is 192 Å². The van der Waals surface area contributed by atoms with Crippen LogP contribution in [0.2, 0.25) is 0 Å². The molecule has 82 valence electrons. The van der Waals surface area contributed by atoms with Gasteiger partial charge in [0.05, 0.1) is 13.2 Å². The Hall–Kier alpha value is 2.91. The fraction of sp³-hybridized carbons (Fsp3) is 0.750. The first-order chi connectivity index (χ1) is 6.54. The molecule has 8 heteroatoms. The van der Waals surface area contributed by atoms with Crippen LogP contribution in [0.15, 0.2) is 0 Å². The van der Waals surface area contributed by atoms with E-state index in [1.54, 1.807) is 13.8 Å². The summed E-state index contributed by atoms with van der Waals surface area (Å²) >= 11 is 9.39. The maximum atomic E-state index is 11.2. The molecule has 4 nitrogen and oxygen atoms in total. The van der Waals surface area contributed by atoms with Gasteiger partial charge in [-0.3, -0.25) is 14.2 Å². The molecule has 0 atom stereocenters. The van der Waals surface area contributed by atoms with Gasteiger partial charge in [-0.1, -0.05) is 0 Å².